The zero-order chi connectivity index (χ0) is 44.4. The molecule has 0 aliphatic carbocycles. The van der Waals surface area contributed by atoms with Gasteiger partial charge in [0.1, 0.15) is 42.0 Å². The predicted molar refractivity (Wildman–Crippen MR) is 211 cm³/mol. The van der Waals surface area contributed by atoms with Crippen LogP contribution in [-0.4, -0.2) is 141 Å². The fourth-order valence-electron chi connectivity index (χ4n) is 6.16. The Kier molecular flexibility index (Phi) is 20.0. The monoisotopic (exact) mass is 834 g/mol. The van der Waals surface area contributed by atoms with Crippen molar-refractivity contribution in [3.8, 4) is 5.75 Å². The standard InChI is InChI=1S/C37H58N10O12/c1-19(2)16-26(35(57)47-15-5-7-28(47)36(58)59)45-32(54)24(6-4-14-41-37(39)40)43-33(55)25(12-13-29(50)51)44-34(56)27(18-48)46-30(52)20(3)42-31(53)23(38)17-21-8-10-22(49)11-9-21/h8-11,19-20,23-28,48-49H,4-7,12-18,38H2,1-3H3,(H,42,53)(H,43,55)(H,44,56)(H,45,54)(H,46,52)(H,50,51)(H,58,59)(H4,39,40,41)/t20-,23-,24-,25-,26-,27-,28-/m0/s1. The SMILES string of the molecule is CC(C)C[C@H](NC(=O)[C@H](CCCN=C(N)N)NC(=O)[C@H](CCC(=O)O)NC(=O)[C@H](CO)NC(=O)[C@H](C)NC(=O)[C@@H](N)Cc1ccc(O)cc1)C(=O)N1CCC[C@H]1C(=O)O. The molecule has 1 heterocycles. The molecule has 0 unspecified atom stereocenters. The van der Waals surface area contributed by atoms with E-state index in [0.29, 0.717) is 12.0 Å². The minimum absolute atomic E-state index is 0.0217. The van der Waals surface area contributed by atoms with Gasteiger partial charge in [0.2, 0.25) is 35.4 Å². The quantitative estimate of drug-likeness (QED) is 0.0276. The van der Waals surface area contributed by atoms with Crippen molar-refractivity contribution >= 4 is 53.3 Å². The lowest BCUT2D eigenvalue weighted by molar-refractivity contribution is -0.149. The number of nitrogens with two attached hydrogens (primary N) is 3. The number of carbonyl (C=O) groups is 8. The summed E-state index contributed by atoms with van der Waals surface area (Å²) in [5.74, 6) is -8.07. The van der Waals surface area contributed by atoms with Crippen LogP contribution in [0.2, 0.25) is 0 Å². The lowest BCUT2D eigenvalue weighted by Gasteiger charge is -2.30. The number of amides is 6. The number of carbonyl (C=O) groups excluding carboxylic acids is 6. The van der Waals surface area contributed by atoms with E-state index in [1.807, 2.05) is 0 Å². The Bertz CT molecular complexity index is 1670. The number of nitrogens with zero attached hydrogens (tertiary/aromatic N) is 2. The number of guanidine groups is 1. The fraction of sp³-hybridized carbons (Fsp3) is 0.595. The van der Waals surface area contributed by atoms with Crippen LogP contribution < -0.4 is 43.8 Å². The van der Waals surface area contributed by atoms with E-state index >= 15 is 0 Å². The first-order chi connectivity index (χ1) is 27.7. The maximum Gasteiger partial charge on any atom is 0.326 e. The number of aliphatic hydroxyl groups is 1. The van der Waals surface area contributed by atoms with Gasteiger partial charge in [0, 0.05) is 19.5 Å². The van der Waals surface area contributed by atoms with Gasteiger partial charge in [0.05, 0.1) is 12.6 Å². The summed E-state index contributed by atoms with van der Waals surface area (Å²) in [5, 5.41) is 50.6. The molecule has 1 aliphatic rings. The molecule has 15 N–H and O–H groups in total. The van der Waals surface area contributed by atoms with E-state index in [1.54, 1.807) is 26.0 Å². The summed E-state index contributed by atoms with van der Waals surface area (Å²) >= 11 is 0. The van der Waals surface area contributed by atoms with Crippen LogP contribution in [0, 0.1) is 5.92 Å². The van der Waals surface area contributed by atoms with Gasteiger partial charge in [-0.25, -0.2) is 4.79 Å². The maximum atomic E-state index is 13.8. The van der Waals surface area contributed by atoms with Gasteiger partial charge in [-0.2, -0.15) is 0 Å². The Morgan fingerprint density at radius 2 is 1.36 bits per heavy atom. The van der Waals surface area contributed by atoms with Crippen molar-refractivity contribution in [3.05, 3.63) is 29.8 Å². The Hall–Kier alpha value is -6.03. The Morgan fingerprint density at radius 1 is 0.797 bits per heavy atom. The van der Waals surface area contributed by atoms with Crippen molar-refractivity contribution in [3.63, 3.8) is 0 Å². The van der Waals surface area contributed by atoms with Crippen LogP contribution in [0.3, 0.4) is 0 Å². The number of aromatic hydroxyl groups is 1. The third kappa shape index (κ3) is 16.8. The maximum absolute atomic E-state index is 13.8. The third-order valence-corrected chi connectivity index (χ3v) is 9.30. The molecule has 1 aliphatic heterocycles. The number of hydrogen-bond acceptors (Lipinski definition) is 12. The molecule has 1 aromatic carbocycles. The van der Waals surface area contributed by atoms with Crippen molar-refractivity contribution in [1.82, 2.24) is 31.5 Å². The molecule has 1 fully saturated rings. The summed E-state index contributed by atoms with van der Waals surface area (Å²) in [6, 6.07) is -3.32. The van der Waals surface area contributed by atoms with Gasteiger partial charge in [0.15, 0.2) is 5.96 Å². The van der Waals surface area contributed by atoms with Crippen LogP contribution in [-0.2, 0) is 44.8 Å². The molecule has 1 aromatic rings. The molecule has 0 aromatic heterocycles. The Balaban J connectivity index is 2.22. The van der Waals surface area contributed by atoms with Gasteiger partial charge in [-0.3, -0.25) is 38.6 Å². The molecule has 1 saturated heterocycles. The van der Waals surface area contributed by atoms with Crippen LogP contribution in [0.15, 0.2) is 29.3 Å². The lowest BCUT2D eigenvalue weighted by atomic mass is 10.0. The number of rotatable bonds is 24. The Labute approximate surface area is 341 Å². The summed E-state index contributed by atoms with van der Waals surface area (Å²) in [5.41, 5.74) is 17.4. The summed E-state index contributed by atoms with van der Waals surface area (Å²) in [4.78, 5) is 108. The highest BCUT2D eigenvalue weighted by molar-refractivity contribution is 5.97. The lowest BCUT2D eigenvalue weighted by Crippen LogP contribution is -2.60. The van der Waals surface area contributed by atoms with E-state index in [2.05, 4.69) is 31.6 Å². The minimum Gasteiger partial charge on any atom is -0.508 e. The fourth-order valence-corrected chi connectivity index (χ4v) is 6.16. The van der Waals surface area contributed by atoms with Crippen molar-refractivity contribution in [2.75, 3.05) is 19.7 Å². The third-order valence-electron chi connectivity index (χ3n) is 9.30. The van der Waals surface area contributed by atoms with E-state index in [-0.39, 0.29) is 62.8 Å². The highest BCUT2D eigenvalue weighted by Crippen LogP contribution is 2.21. The number of phenols is 1. The second-order valence-corrected chi connectivity index (χ2v) is 14.7. The number of likely N-dealkylation sites (tertiary alicyclic amines) is 1. The molecule has 0 saturated carbocycles. The predicted octanol–water partition coefficient (Wildman–Crippen LogP) is -3.26. The molecule has 0 spiro atoms. The highest BCUT2D eigenvalue weighted by Gasteiger charge is 2.39. The summed E-state index contributed by atoms with van der Waals surface area (Å²) < 4.78 is 0. The van der Waals surface area contributed by atoms with Gasteiger partial charge in [-0.15, -0.1) is 0 Å². The normalized spacial score (nSPS) is 16.6. The number of phenolic OH excluding ortho intramolecular Hbond substituents is 1. The van der Waals surface area contributed by atoms with E-state index in [4.69, 9.17) is 17.2 Å². The van der Waals surface area contributed by atoms with E-state index in [9.17, 15) is 58.8 Å². The molecule has 0 bridgehead atoms. The van der Waals surface area contributed by atoms with E-state index < -0.39 is 109 Å². The molecule has 328 valence electrons. The molecule has 6 amide bonds. The van der Waals surface area contributed by atoms with Crippen LogP contribution in [0.5, 0.6) is 5.75 Å². The number of carboxylic acid groups (broad SMARTS) is 2. The number of aliphatic imine (C=N–C) groups is 1. The summed E-state index contributed by atoms with van der Waals surface area (Å²) in [6.07, 6.45) is -0.201. The molecule has 2 rings (SSSR count). The number of aliphatic hydroxyl groups excluding tert-OH is 1. The molecular formula is C37H58N10O12. The largest absolute Gasteiger partial charge is 0.508 e. The average Bonchev–Trinajstić information content (AvgIpc) is 3.67. The molecule has 7 atom stereocenters. The van der Waals surface area contributed by atoms with Crippen molar-refractivity contribution in [1.29, 1.82) is 0 Å². The van der Waals surface area contributed by atoms with Crippen LogP contribution >= 0.6 is 0 Å². The molecule has 0 radical (unpaired) electrons. The van der Waals surface area contributed by atoms with Gasteiger partial charge < -0.3 is 69.1 Å². The minimum atomic E-state index is -1.69. The number of aliphatic carboxylic acids is 2. The van der Waals surface area contributed by atoms with E-state index in [1.165, 1.54) is 24.0 Å². The van der Waals surface area contributed by atoms with E-state index in [0.717, 1.165) is 0 Å². The second kappa shape index (κ2) is 24.0. The molecule has 22 nitrogen and oxygen atoms in total. The Morgan fingerprint density at radius 3 is 1.90 bits per heavy atom. The first-order valence-electron chi connectivity index (χ1n) is 19.2. The van der Waals surface area contributed by atoms with Gasteiger partial charge in [-0.05, 0) is 75.5 Å². The topological polar surface area (TPSA) is 371 Å². The van der Waals surface area contributed by atoms with Crippen molar-refractivity contribution < 1.29 is 58.8 Å². The molecule has 59 heavy (non-hydrogen) atoms. The number of carboxylic acids is 2. The van der Waals surface area contributed by atoms with Crippen molar-refractivity contribution in [2.24, 2.45) is 28.1 Å². The van der Waals surface area contributed by atoms with Crippen molar-refractivity contribution in [2.45, 2.75) is 114 Å². The zero-order valence-corrected chi connectivity index (χ0v) is 33.4. The van der Waals surface area contributed by atoms with Gasteiger partial charge >= 0.3 is 11.9 Å². The number of hydrogen-bond donors (Lipinski definition) is 12. The van der Waals surface area contributed by atoms with Gasteiger partial charge in [0.25, 0.3) is 0 Å². The second-order valence-electron chi connectivity index (χ2n) is 14.7. The average molecular weight is 835 g/mol. The first kappa shape index (κ1) is 49.1. The summed E-state index contributed by atoms with van der Waals surface area (Å²) in [6.45, 7) is 4.11. The van der Waals surface area contributed by atoms with Crippen LogP contribution in [0.1, 0.15) is 71.3 Å². The zero-order valence-electron chi connectivity index (χ0n) is 33.4. The van der Waals surface area contributed by atoms with Crippen LogP contribution in [0.4, 0.5) is 0 Å². The molecule has 22 heteroatoms. The molecular weight excluding hydrogens is 776 g/mol. The smallest absolute Gasteiger partial charge is 0.326 e. The number of benzene rings is 1. The first-order valence-corrected chi connectivity index (χ1v) is 19.2. The van der Waals surface area contributed by atoms with Crippen LogP contribution in [0.25, 0.3) is 0 Å². The highest BCUT2D eigenvalue weighted by atomic mass is 16.4. The number of nitrogens with one attached hydrogen (secondary N) is 5. The summed E-state index contributed by atoms with van der Waals surface area (Å²) in [7, 11) is 0. The van der Waals surface area contributed by atoms with Gasteiger partial charge in [-0.1, -0.05) is 26.0 Å².